The summed E-state index contributed by atoms with van der Waals surface area (Å²) in [5, 5.41) is 0. The van der Waals surface area contributed by atoms with Crippen LogP contribution >= 0.6 is 0 Å². The van der Waals surface area contributed by atoms with E-state index < -0.39 is 0 Å². The summed E-state index contributed by atoms with van der Waals surface area (Å²) in [6.45, 7) is 3.96. The number of nitrogens with two attached hydrogens (primary N) is 1. The monoisotopic (exact) mass is 250 g/mol. The van der Waals surface area contributed by atoms with Gasteiger partial charge in [0.2, 0.25) is 0 Å². The van der Waals surface area contributed by atoms with Gasteiger partial charge in [0.15, 0.2) is 11.6 Å². The molecule has 0 bridgehead atoms. The first kappa shape index (κ1) is 11.9. The molecule has 0 amide bonds. The molecular weight excluding hydrogens is 231 g/mol. The molecule has 1 aromatic rings. The van der Waals surface area contributed by atoms with E-state index in [4.69, 9.17) is 5.73 Å². The lowest BCUT2D eigenvalue weighted by Gasteiger charge is -2.35. The molecule has 0 spiro atoms. The van der Waals surface area contributed by atoms with Crippen molar-refractivity contribution in [3.8, 4) is 0 Å². The fraction of sp³-hybridized carbons (Fsp3) is 0.615. The van der Waals surface area contributed by atoms with E-state index in [2.05, 4.69) is 9.88 Å². The number of nitrogens with zero attached hydrogens (tertiary/aromatic N) is 3. The van der Waals surface area contributed by atoms with Crippen molar-refractivity contribution in [2.24, 2.45) is 5.73 Å². The molecule has 2 heterocycles. The van der Waals surface area contributed by atoms with Gasteiger partial charge in [0, 0.05) is 50.5 Å². The number of rotatable bonds is 3. The van der Waals surface area contributed by atoms with Crippen LogP contribution in [0, 0.1) is 5.82 Å². The molecule has 2 N–H and O–H groups in total. The topological polar surface area (TPSA) is 45.4 Å². The highest BCUT2D eigenvalue weighted by Crippen LogP contribution is 2.28. The Balaban J connectivity index is 1.71. The Kier molecular flexibility index (Phi) is 3.18. The van der Waals surface area contributed by atoms with Crippen LogP contribution in [0.1, 0.15) is 18.4 Å². The minimum Gasteiger partial charge on any atom is -0.352 e. The largest absolute Gasteiger partial charge is 0.352 e. The number of aromatic nitrogens is 1. The van der Waals surface area contributed by atoms with Gasteiger partial charge in [0.1, 0.15) is 0 Å². The quantitative estimate of drug-likeness (QED) is 0.868. The predicted octanol–water partition coefficient (Wildman–Crippen LogP) is 0.964. The molecule has 2 aliphatic rings. The van der Waals surface area contributed by atoms with Crippen LogP contribution in [0.2, 0.25) is 0 Å². The van der Waals surface area contributed by atoms with Crippen molar-refractivity contribution in [2.45, 2.75) is 25.4 Å². The zero-order chi connectivity index (χ0) is 12.5. The summed E-state index contributed by atoms with van der Waals surface area (Å²) in [4.78, 5) is 8.71. The minimum atomic E-state index is -0.250. The number of pyridine rings is 1. The molecule has 4 nitrogen and oxygen atoms in total. The van der Waals surface area contributed by atoms with Crippen LogP contribution in [0.5, 0.6) is 0 Å². The Bertz CT molecular complexity index is 425. The van der Waals surface area contributed by atoms with Crippen LogP contribution in [0.15, 0.2) is 12.3 Å². The van der Waals surface area contributed by atoms with Gasteiger partial charge in [0.25, 0.3) is 0 Å². The zero-order valence-corrected chi connectivity index (χ0v) is 10.5. The van der Waals surface area contributed by atoms with Gasteiger partial charge in [-0.15, -0.1) is 0 Å². The zero-order valence-electron chi connectivity index (χ0n) is 10.5. The lowest BCUT2D eigenvalue weighted by Crippen LogP contribution is -2.47. The van der Waals surface area contributed by atoms with Crippen LogP contribution in [0.4, 0.5) is 10.2 Å². The van der Waals surface area contributed by atoms with Crippen molar-refractivity contribution in [1.29, 1.82) is 0 Å². The summed E-state index contributed by atoms with van der Waals surface area (Å²) >= 11 is 0. The average molecular weight is 250 g/mol. The van der Waals surface area contributed by atoms with Crippen LogP contribution in [0.3, 0.4) is 0 Å². The Morgan fingerprint density at radius 1 is 1.28 bits per heavy atom. The molecule has 1 aliphatic heterocycles. The lowest BCUT2D eigenvalue weighted by molar-refractivity contribution is 0.247. The highest BCUT2D eigenvalue weighted by Gasteiger charge is 2.32. The van der Waals surface area contributed by atoms with E-state index in [1.54, 1.807) is 12.3 Å². The maximum Gasteiger partial charge on any atom is 0.170 e. The molecular formula is C13H19FN4. The molecule has 2 fully saturated rings. The molecule has 98 valence electrons. The van der Waals surface area contributed by atoms with Crippen LogP contribution < -0.4 is 10.6 Å². The van der Waals surface area contributed by atoms with Crippen LogP contribution in [-0.4, -0.2) is 42.1 Å². The van der Waals surface area contributed by atoms with Gasteiger partial charge >= 0.3 is 0 Å². The summed E-state index contributed by atoms with van der Waals surface area (Å²) in [5.41, 5.74) is 6.07. The first-order chi connectivity index (χ1) is 8.79. The Morgan fingerprint density at radius 2 is 2.00 bits per heavy atom. The summed E-state index contributed by atoms with van der Waals surface area (Å²) in [7, 11) is 0. The number of hydrogen-bond donors (Lipinski definition) is 1. The van der Waals surface area contributed by atoms with Crippen LogP contribution in [0.25, 0.3) is 0 Å². The van der Waals surface area contributed by atoms with Crippen molar-refractivity contribution in [3.05, 3.63) is 23.6 Å². The second-order valence-corrected chi connectivity index (χ2v) is 5.07. The SMILES string of the molecule is NCc1ccnc(N2CCN(C3CC3)CC2)c1F. The Hall–Kier alpha value is -1.20. The third-order valence-corrected chi connectivity index (χ3v) is 3.85. The molecule has 0 aromatic carbocycles. The standard InChI is InChI=1S/C13H19FN4/c14-12-10(9-15)3-4-16-13(12)18-7-5-17(6-8-18)11-1-2-11/h3-4,11H,1-2,5-9,15H2. The van der Waals surface area contributed by atoms with E-state index >= 15 is 0 Å². The van der Waals surface area contributed by atoms with E-state index in [0.717, 1.165) is 32.2 Å². The average Bonchev–Trinajstić information content (AvgIpc) is 3.24. The van der Waals surface area contributed by atoms with E-state index in [0.29, 0.717) is 11.4 Å². The molecule has 0 atom stereocenters. The van der Waals surface area contributed by atoms with Gasteiger partial charge < -0.3 is 10.6 Å². The molecule has 1 saturated heterocycles. The van der Waals surface area contributed by atoms with Gasteiger partial charge in [-0.25, -0.2) is 9.37 Å². The maximum absolute atomic E-state index is 14.1. The van der Waals surface area contributed by atoms with Gasteiger partial charge in [-0.05, 0) is 18.9 Å². The summed E-state index contributed by atoms with van der Waals surface area (Å²) < 4.78 is 14.1. The third-order valence-electron chi connectivity index (χ3n) is 3.85. The van der Waals surface area contributed by atoms with E-state index in [1.807, 2.05) is 4.90 Å². The summed E-state index contributed by atoms with van der Waals surface area (Å²) in [6.07, 6.45) is 4.30. The number of piperazine rings is 1. The normalized spacial score (nSPS) is 21.3. The van der Waals surface area contributed by atoms with Crippen LogP contribution in [-0.2, 0) is 6.54 Å². The van der Waals surface area contributed by atoms with Crippen molar-refractivity contribution in [1.82, 2.24) is 9.88 Å². The molecule has 1 saturated carbocycles. The maximum atomic E-state index is 14.1. The molecule has 1 aromatic heterocycles. The van der Waals surface area contributed by atoms with E-state index in [-0.39, 0.29) is 12.4 Å². The number of hydrogen-bond acceptors (Lipinski definition) is 4. The second-order valence-electron chi connectivity index (χ2n) is 5.07. The van der Waals surface area contributed by atoms with Gasteiger partial charge in [-0.2, -0.15) is 0 Å². The summed E-state index contributed by atoms with van der Waals surface area (Å²) in [5.74, 6) is 0.216. The Morgan fingerprint density at radius 3 is 2.61 bits per heavy atom. The highest BCUT2D eigenvalue weighted by atomic mass is 19.1. The smallest absolute Gasteiger partial charge is 0.170 e. The molecule has 1 aliphatic carbocycles. The van der Waals surface area contributed by atoms with Gasteiger partial charge in [-0.3, -0.25) is 4.90 Å². The van der Waals surface area contributed by atoms with Crippen molar-refractivity contribution < 1.29 is 4.39 Å². The number of halogens is 1. The van der Waals surface area contributed by atoms with E-state index in [9.17, 15) is 4.39 Å². The first-order valence-electron chi connectivity index (χ1n) is 6.62. The summed E-state index contributed by atoms with van der Waals surface area (Å²) in [6, 6.07) is 2.44. The number of anilines is 1. The third kappa shape index (κ3) is 2.20. The molecule has 0 radical (unpaired) electrons. The minimum absolute atomic E-state index is 0.226. The first-order valence-corrected chi connectivity index (χ1v) is 6.62. The molecule has 18 heavy (non-hydrogen) atoms. The van der Waals surface area contributed by atoms with Gasteiger partial charge in [-0.1, -0.05) is 0 Å². The highest BCUT2D eigenvalue weighted by molar-refractivity contribution is 5.43. The van der Waals surface area contributed by atoms with Gasteiger partial charge in [0.05, 0.1) is 0 Å². The Labute approximate surface area is 107 Å². The predicted molar refractivity (Wildman–Crippen MR) is 68.9 cm³/mol. The van der Waals surface area contributed by atoms with Crippen molar-refractivity contribution in [3.63, 3.8) is 0 Å². The molecule has 3 rings (SSSR count). The fourth-order valence-corrected chi connectivity index (χ4v) is 2.59. The van der Waals surface area contributed by atoms with E-state index in [1.165, 1.54) is 12.8 Å². The lowest BCUT2D eigenvalue weighted by atomic mass is 10.2. The molecule has 0 unspecified atom stereocenters. The van der Waals surface area contributed by atoms with Crippen molar-refractivity contribution in [2.75, 3.05) is 31.1 Å². The second kappa shape index (κ2) is 4.82. The fourth-order valence-electron chi connectivity index (χ4n) is 2.59. The molecule has 5 heteroatoms. The van der Waals surface area contributed by atoms with Crippen molar-refractivity contribution >= 4 is 5.82 Å².